The van der Waals surface area contributed by atoms with Gasteiger partial charge in [0, 0.05) is 12.5 Å². The fraction of sp³-hybridized carbons (Fsp3) is 0.818. The summed E-state index contributed by atoms with van der Waals surface area (Å²) < 4.78 is 36.3. The van der Waals surface area contributed by atoms with Crippen molar-refractivity contribution in [2.24, 2.45) is 0 Å². The Morgan fingerprint density at radius 3 is 2.67 bits per heavy atom. The summed E-state index contributed by atoms with van der Waals surface area (Å²) >= 11 is 0. The van der Waals surface area contributed by atoms with Crippen LogP contribution in [-0.4, -0.2) is 18.8 Å². The molecule has 0 heterocycles. The van der Waals surface area contributed by atoms with Gasteiger partial charge in [-0.2, -0.15) is 13.2 Å². The van der Waals surface area contributed by atoms with Crippen molar-refractivity contribution < 1.29 is 13.2 Å². The average molecular weight is 221 g/mol. The minimum Gasteiger partial charge on any atom is -0.311 e. The number of allylic oxidation sites excluding steroid dienone is 1. The van der Waals surface area contributed by atoms with Crippen LogP contribution < -0.4 is 5.32 Å². The van der Waals surface area contributed by atoms with Crippen molar-refractivity contribution in [2.45, 2.75) is 51.2 Å². The van der Waals surface area contributed by atoms with E-state index in [0.717, 1.165) is 25.8 Å². The maximum Gasteiger partial charge on any atom is 0.389 e. The second kappa shape index (κ2) is 5.54. The van der Waals surface area contributed by atoms with E-state index in [1.807, 2.05) is 6.92 Å². The average Bonchev–Trinajstić information content (AvgIpc) is 2.63. The highest BCUT2D eigenvalue weighted by molar-refractivity contribution is 5.15. The summed E-state index contributed by atoms with van der Waals surface area (Å²) in [4.78, 5) is 0. The Hall–Kier alpha value is -0.510. The van der Waals surface area contributed by atoms with E-state index in [2.05, 4.69) is 11.4 Å². The summed E-state index contributed by atoms with van der Waals surface area (Å²) in [6.07, 6.45) is 0.587. The van der Waals surface area contributed by atoms with Crippen molar-refractivity contribution in [1.29, 1.82) is 0 Å². The molecule has 0 aliphatic heterocycles. The molecule has 0 radical (unpaired) electrons. The van der Waals surface area contributed by atoms with E-state index >= 15 is 0 Å². The summed E-state index contributed by atoms with van der Waals surface area (Å²) in [6, 6.07) is -0.0703. The van der Waals surface area contributed by atoms with Crippen molar-refractivity contribution in [1.82, 2.24) is 5.32 Å². The van der Waals surface area contributed by atoms with Crippen LogP contribution in [0.2, 0.25) is 0 Å². The largest absolute Gasteiger partial charge is 0.389 e. The van der Waals surface area contributed by atoms with Gasteiger partial charge >= 0.3 is 6.18 Å². The molecule has 15 heavy (non-hydrogen) atoms. The van der Waals surface area contributed by atoms with E-state index in [4.69, 9.17) is 0 Å². The normalized spacial score (nSPS) is 19.1. The van der Waals surface area contributed by atoms with Crippen molar-refractivity contribution in [3.63, 3.8) is 0 Å². The van der Waals surface area contributed by atoms with E-state index in [1.54, 1.807) is 0 Å². The molecule has 1 aliphatic rings. The summed E-state index contributed by atoms with van der Waals surface area (Å²) in [7, 11) is 0. The Morgan fingerprint density at radius 2 is 2.20 bits per heavy atom. The van der Waals surface area contributed by atoms with E-state index in [1.165, 1.54) is 5.57 Å². The predicted octanol–water partition coefficient (Wildman–Crippen LogP) is 3.42. The van der Waals surface area contributed by atoms with Gasteiger partial charge in [0.25, 0.3) is 0 Å². The molecule has 0 bridgehead atoms. The molecule has 0 aromatic carbocycles. The SMILES string of the molecule is CCNC(CCC(F)(F)F)C1=CCCC1. The topological polar surface area (TPSA) is 12.0 Å². The van der Waals surface area contributed by atoms with Crippen LogP contribution in [0.5, 0.6) is 0 Å². The predicted molar refractivity (Wildman–Crippen MR) is 54.7 cm³/mol. The molecule has 0 fully saturated rings. The van der Waals surface area contributed by atoms with Gasteiger partial charge in [-0.25, -0.2) is 0 Å². The third-order valence-corrected chi connectivity index (χ3v) is 2.69. The number of halogens is 3. The fourth-order valence-corrected chi connectivity index (χ4v) is 1.99. The Labute approximate surface area is 88.7 Å². The summed E-state index contributed by atoms with van der Waals surface area (Å²) in [5, 5.41) is 3.13. The lowest BCUT2D eigenvalue weighted by Crippen LogP contribution is -2.31. The number of hydrogen-bond donors (Lipinski definition) is 1. The zero-order chi connectivity index (χ0) is 11.3. The van der Waals surface area contributed by atoms with Crippen molar-refractivity contribution in [3.8, 4) is 0 Å². The van der Waals surface area contributed by atoms with Gasteiger partial charge < -0.3 is 5.32 Å². The molecule has 0 saturated heterocycles. The van der Waals surface area contributed by atoms with E-state index < -0.39 is 12.6 Å². The zero-order valence-corrected chi connectivity index (χ0v) is 9.03. The lowest BCUT2D eigenvalue weighted by Gasteiger charge is -2.20. The third kappa shape index (κ3) is 4.69. The number of likely N-dealkylation sites (N-methyl/N-ethyl adjacent to an activating group) is 1. The van der Waals surface area contributed by atoms with Crippen LogP contribution in [0.25, 0.3) is 0 Å². The molecule has 1 nitrogen and oxygen atoms in total. The first kappa shape index (κ1) is 12.6. The van der Waals surface area contributed by atoms with Gasteiger partial charge in [-0.3, -0.25) is 0 Å². The first-order valence-corrected chi connectivity index (χ1v) is 5.52. The Bertz CT molecular complexity index is 220. The smallest absolute Gasteiger partial charge is 0.311 e. The highest BCUT2D eigenvalue weighted by atomic mass is 19.4. The van der Waals surface area contributed by atoms with Crippen LogP contribution in [0.4, 0.5) is 13.2 Å². The maximum atomic E-state index is 12.1. The molecule has 1 unspecified atom stereocenters. The van der Waals surface area contributed by atoms with Crippen LogP contribution in [0.1, 0.15) is 39.0 Å². The molecular formula is C11H18F3N. The number of alkyl halides is 3. The molecule has 0 aromatic heterocycles. The van der Waals surface area contributed by atoms with Crippen LogP contribution in [-0.2, 0) is 0 Å². The number of hydrogen-bond acceptors (Lipinski definition) is 1. The second-order valence-electron chi connectivity index (χ2n) is 3.94. The molecule has 0 amide bonds. The Balaban J connectivity index is 2.43. The fourth-order valence-electron chi connectivity index (χ4n) is 1.99. The van der Waals surface area contributed by atoms with Gasteiger partial charge in [-0.1, -0.05) is 18.6 Å². The molecule has 88 valence electrons. The Morgan fingerprint density at radius 1 is 1.47 bits per heavy atom. The van der Waals surface area contributed by atoms with Crippen LogP contribution in [0.15, 0.2) is 11.6 Å². The minimum absolute atomic E-state index is 0.0703. The highest BCUT2D eigenvalue weighted by Crippen LogP contribution is 2.27. The van der Waals surface area contributed by atoms with Gasteiger partial charge in [-0.15, -0.1) is 0 Å². The van der Waals surface area contributed by atoms with Crippen molar-refractivity contribution in [3.05, 3.63) is 11.6 Å². The molecule has 0 spiro atoms. The summed E-state index contributed by atoms with van der Waals surface area (Å²) in [6.45, 7) is 2.65. The molecule has 1 rings (SSSR count). The molecule has 1 atom stereocenters. The molecule has 1 N–H and O–H groups in total. The second-order valence-corrected chi connectivity index (χ2v) is 3.94. The van der Waals surface area contributed by atoms with Gasteiger partial charge in [-0.05, 0) is 32.2 Å². The van der Waals surface area contributed by atoms with Crippen LogP contribution >= 0.6 is 0 Å². The molecule has 1 aliphatic carbocycles. The standard InChI is InChI=1S/C11H18F3N/c1-2-15-10(7-8-11(12,13)14)9-5-3-4-6-9/h5,10,15H,2-4,6-8H2,1H3. The maximum absolute atomic E-state index is 12.1. The van der Waals surface area contributed by atoms with Crippen LogP contribution in [0, 0.1) is 0 Å². The zero-order valence-electron chi connectivity index (χ0n) is 9.03. The quantitative estimate of drug-likeness (QED) is 0.701. The highest BCUT2D eigenvalue weighted by Gasteiger charge is 2.29. The lowest BCUT2D eigenvalue weighted by molar-refractivity contribution is -0.136. The molecule has 0 saturated carbocycles. The first-order chi connectivity index (χ1) is 7.03. The molecular weight excluding hydrogens is 203 g/mol. The summed E-state index contributed by atoms with van der Waals surface area (Å²) in [5.41, 5.74) is 1.17. The number of rotatable bonds is 5. The first-order valence-electron chi connectivity index (χ1n) is 5.52. The van der Waals surface area contributed by atoms with Crippen molar-refractivity contribution in [2.75, 3.05) is 6.54 Å². The molecule has 4 heteroatoms. The van der Waals surface area contributed by atoms with Gasteiger partial charge in [0.2, 0.25) is 0 Å². The van der Waals surface area contributed by atoms with Gasteiger partial charge in [0.05, 0.1) is 0 Å². The van der Waals surface area contributed by atoms with E-state index in [-0.39, 0.29) is 12.5 Å². The monoisotopic (exact) mass is 221 g/mol. The van der Waals surface area contributed by atoms with E-state index in [0.29, 0.717) is 0 Å². The van der Waals surface area contributed by atoms with Crippen molar-refractivity contribution >= 4 is 0 Å². The van der Waals surface area contributed by atoms with E-state index in [9.17, 15) is 13.2 Å². The van der Waals surface area contributed by atoms with Gasteiger partial charge in [0.1, 0.15) is 0 Å². The molecule has 0 aromatic rings. The van der Waals surface area contributed by atoms with Crippen LogP contribution in [0.3, 0.4) is 0 Å². The van der Waals surface area contributed by atoms with Gasteiger partial charge in [0.15, 0.2) is 0 Å². The Kier molecular flexibility index (Phi) is 4.64. The number of nitrogens with one attached hydrogen (secondary N) is 1. The third-order valence-electron chi connectivity index (χ3n) is 2.69. The summed E-state index contributed by atoms with van der Waals surface area (Å²) in [5.74, 6) is 0. The minimum atomic E-state index is -4.03. The lowest BCUT2D eigenvalue weighted by atomic mass is 10.0.